The van der Waals surface area contributed by atoms with Crippen molar-refractivity contribution >= 4 is 39.1 Å². The largest absolute Gasteiger partial charge is 0.476 e. The Labute approximate surface area is 134 Å². The summed E-state index contributed by atoms with van der Waals surface area (Å²) in [7, 11) is 0. The lowest BCUT2D eigenvalue weighted by Crippen LogP contribution is -2.26. The number of benzene rings is 1. The monoisotopic (exact) mass is 368 g/mol. The fourth-order valence-electron chi connectivity index (χ4n) is 1.71. The van der Waals surface area contributed by atoms with E-state index in [0.29, 0.717) is 10.6 Å². The molecule has 2 N–H and O–H groups in total. The molecule has 2 rings (SSSR count). The second kappa shape index (κ2) is 6.36. The lowest BCUT2D eigenvalue weighted by Gasteiger charge is -2.12. The number of amides is 1. The van der Waals surface area contributed by atoms with Crippen molar-refractivity contribution in [3.63, 3.8) is 0 Å². The molecule has 0 aliphatic carbocycles. The van der Waals surface area contributed by atoms with Gasteiger partial charge in [-0.25, -0.2) is 9.78 Å². The highest BCUT2D eigenvalue weighted by atomic mass is 79.9. The molecule has 1 unspecified atom stereocenters. The van der Waals surface area contributed by atoms with Crippen molar-refractivity contribution in [3.8, 4) is 0 Å². The molecule has 5 nitrogen and oxygen atoms in total. The van der Waals surface area contributed by atoms with Crippen molar-refractivity contribution in [2.45, 2.75) is 19.9 Å². The highest BCUT2D eigenvalue weighted by Crippen LogP contribution is 2.20. The summed E-state index contributed by atoms with van der Waals surface area (Å²) in [5, 5.41) is 13.7. The van der Waals surface area contributed by atoms with E-state index in [1.807, 2.05) is 13.0 Å². The van der Waals surface area contributed by atoms with E-state index in [4.69, 9.17) is 5.11 Å². The molecule has 1 amide bonds. The van der Waals surface area contributed by atoms with Gasteiger partial charge in [-0.05, 0) is 37.6 Å². The third kappa shape index (κ3) is 3.68. The van der Waals surface area contributed by atoms with Crippen molar-refractivity contribution in [1.82, 2.24) is 10.3 Å². The van der Waals surface area contributed by atoms with Crippen LogP contribution in [0.4, 0.5) is 0 Å². The second-order valence-corrected chi connectivity index (χ2v) is 6.28. The summed E-state index contributed by atoms with van der Waals surface area (Å²) < 4.78 is 0.943. The number of carbonyl (C=O) groups is 2. The average molecular weight is 369 g/mol. The number of carboxylic acid groups (broad SMARTS) is 1. The highest BCUT2D eigenvalue weighted by molar-refractivity contribution is 9.10. The molecule has 0 radical (unpaired) electrons. The topological polar surface area (TPSA) is 79.3 Å². The Kier molecular flexibility index (Phi) is 4.74. The molecule has 1 aromatic heterocycles. The summed E-state index contributed by atoms with van der Waals surface area (Å²) in [5.74, 6) is -1.29. The minimum absolute atomic E-state index is 0.00409. The van der Waals surface area contributed by atoms with Gasteiger partial charge in [0.25, 0.3) is 5.91 Å². The Bertz CT molecular complexity index is 699. The van der Waals surface area contributed by atoms with Crippen LogP contribution in [0, 0.1) is 6.92 Å². The van der Waals surface area contributed by atoms with Gasteiger partial charge >= 0.3 is 5.97 Å². The third-order valence-electron chi connectivity index (χ3n) is 2.88. The van der Waals surface area contributed by atoms with Crippen molar-refractivity contribution in [2.75, 3.05) is 0 Å². The fraction of sp³-hybridized carbons (Fsp3) is 0.214. The van der Waals surface area contributed by atoms with Crippen molar-refractivity contribution in [2.24, 2.45) is 0 Å². The van der Waals surface area contributed by atoms with Crippen LogP contribution < -0.4 is 5.32 Å². The van der Waals surface area contributed by atoms with Crippen LogP contribution in [0.3, 0.4) is 0 Å². The van der Waals surface area contributed by atoms with E-state index >= 15 is 0 Å². The van der Waals surface area contributed by atoms with Gasteiger partial charge < -0.3 is 10.4 Å². The van der Waals surface area contributed by atoms with Crippen molar-refractivity contribution in [1.29, 1.82) is 0 Å². The van der Waals surface area contributed by atoms with Crippen molar-refractivity contribution < 1.29 is 14.7 Å². The number of hydrogen-bond donors (Lipinski definition) is 2. The van der Waals surface area contributed by atoms with E-state index in [1.54, 1.807) is 19.1 Å². The quantitative estimate of drug-likeness (QED) is 0.866. The molecule has 0 aliphatic heterocycles. The van der Waals surface area contributed by atoms with Crippen LogP contribution in [0.2, 0.25) is 0 Å². The van der Waals surface area contributed by atoms with Gasteiger partial charge in [0.15, 0.2) is 5.69 Å². The summed E-state index contributed by atoms with van der Waals surface area (Å²) in [4.78, 5) is 27.0. The molecular weight excluding hydrogens is 356 g/mol. The van der Waals surface area contributed by atoms with Crippen LogP contribution in [-0.4, -0.2) is 22.0 Å². The Balaban J connectivity index is 2.10. The first-order valence-corrected chi connectivity index (χ1v) is 7.81. The predicted octanol–water partition coefficient (Wildman–Crippen LogP) is 3.40. The highest BCUT2D eigenvalue weighted by Gasteiger charge is 2.17. The molecule has 1 heterocycles. The standard InChI is InChI=1S/C14H13BrN2O3S/c1-7-5-9(3-4-10(7)15)12(18)16-8(2)13-17-11(6-21-13)14(19)20/h3-6,8H,1-2H3,(H,16,18)(H,19,20). The SMILES string of the molecule is Cc1cc(C(=O)NC(C)c2nc(C(=O)O)cs2)ccc1Br. The minimum atomic E-state index is -1.07. The minimum Gasteiger partial charge on any atom is -0.476 e. The summed E-state index contributed by atoms with van der Waals surface area (Å²) in [5.41, 5.74) is 1.52. The van der Waals surface area contributed by atoms with E-state index in [-0.39, 0.29) is 17.6 Å². The smallest absolute Gasteiger partial charge is 0.355 e. The maximum atomic E-state index is 12.2. The molecule has 0 fully saturated rings. The second-order valence-electron chi connectivity index (χ2n) is 4.54. The molecule has 0 spiro atoms. The maximum Gasteiger partial charge on any atom is 0.355 e. The number of carbonyl (C=O) groups excluding carboxylic acids is 1. The number of hydrogen-bond acceptors (Lipinski definition) is 4. The number of halogens is 1. The molecule has 0 aliphatic rings. The fourth-order valence-corrected chi connectivity index (χ4v) is 2.76. The predicted molar refractivity (Wildman–Crippen MR) is 83.8 cm³/mol. The molecule has 2 aromatic rings. The molecule has 21 heavy (non-hydrogen) atoms. The molecule has 7 heteroatoms. The van der Waals surface area contributed by atoms with Gasteiger partial charge in [-0.15, -0.1) is 11.3 Å². The van der Waals surface area contributed by atoms with Crippen LogP contribution in [0.25, 0.3) is 0 Å². The lowest BCUT2D eigenvalue weighted by molar-refractivity contribution is 0.0691. The summed E-state index contributed by atoms with van der Waals surface area (Å²) >= 11 is 4.60. The number of aromatic carboxylic acids is 1. The van der Waals surface area contributed by atoms with Crippen molar-refractivity contribution in [3.05, 3.63) is 49.9 Å². The number of thiazole rings is 1. The summed E-state index contributed by atoms with van der Waals surface area (Å²) in [6.45, 7) is 3.68. The van der Waals surface area contributed by atoms with Gasteiger partial charge in [-0.3, -0.25) is 4.79 Å². The van der Waals surface area contributed by atoms with Gasteiger partial charge in [0, 0.05) is 15.4 Å². The van der Waals surface area contributed by atoms with E-state index in [0.717, 1.165) is 10.0 Å². The van der Waals surface area contributed by atoms with Gasteiger partial charge in [-0.1, -0.05) is 15.9 Å². The molecule has 0 bridgehead atoms. The molecule has 0 saturated carbocycles. The van der Waals surface area contributed by atoms with Gasteiger partial charge in [0.2, 0.25) is 0 Å². The van der Waals surface area contributed by atoms with E-state index in [2.05, 4.69) is 26.2 Å². The molecule has 1 aromatic carbocycles. The van der Waals surface area contributed by atoms with E-state index in [1.165, 1.54) is 16.7 Å². The maximum absolute atomic E-state index is 12.2. The van der Waals surface area contributed by atoms with Crippen LogP contribution in [0.15, 0.2) is 28.1 Å². The third-order valence-corrected chi connectivity index (χ3v) is 4.80. The number of aromatic nitrogens is 1. The molecule has 1 atom stereocenters. The number of rotatable bonds is 4. The van der Waals surface area contributed by atoms with Gasteiger partial charge in [0.1, 0.15) is 5.01 Å². The first-order valence-electron chi connectivity index (χ1n) is 6.14. The zero-order valence-electron chi connectivity index (χ0n) is 11.4. The molecular formula is C14H13BrN2O3S. The zero-order chi connectivity index (χ0) is 15.6. The first-order chi connectivity index (χ1) is 9.88. The summed E-state index contributed by atoms with van der Waals surface area (Å²) in [6, 6.07) is 4.99. The Morgan fingerprint density at radius 1 is 1.43 bits per heavy atom. The molecule has 0 saturated heterocycles. The van der Waals surface area contributed by atoms with E-state index in [9.17, 15) is 9.59 Å². The Morgan fingerprint density at radius 3 is 2.71 bits per heavy atom. The van der Waals surface area contributed by atoms with Gasteiger partial charge in [-0.2, -0.15) is 0 Å². The number of nitrogens with one attached hydrogen (secondary N) is 1. The normalized spacial score (nSPS) is 12.0. The zero-order valence-corrected chi connectivity index (χ0v) is 13.8. The molecule has 110 valence electrons. The van der Waals surface area contributed by atoms with Crippen LogP contribution in [0.1, 0.15) is 44.4 Å². The first kappa shape index (κ1) is 15.7. The Hall–Kier alpha value is -1.73. The lowest BCUT2D eigenvalue weighted by atomic mass is 10.1. The number of carboxylic acids is 1. The van der Waals surface area contributed by atoms with Crippen LogP contribution in [0.5, 0.6) is 0 Å². The van der Waals surface area contributed by atoms with Gasteiger partial charge in [0.05, 0.1) is 6.04 Å². The Morgan fingerprint density at radius 2 is 2.14 bits per heavy atom. The van der Waals surface area contributed by atoms with Crippen LogP contribution in [-0.2, 0) is 0 Å². The number of aryl methyl sites for hydroxylation is 1. The average Bonchev–Trinajstić information content (AvgIpc) is 2.91. The van der Waals surface area contributed by atoms with E-state index < -0.39 is 5.97 Å². The summed E-state index contributed by atoms with van der Waals surface area (Å²) in [6.07, 6.45) is 0. The number of nitrogens with zero attached hydrogens (tertiary/aromatic N) is 1. The van der Waals surface area contributed by atoms with Crippen LogP contribution >= 0.6 is 27.3 Å².